The summed E-state index contributed by atoms with van der Waals surface area (Å²) in [6.07, 6.45) is 2.18. The Morgan fingerprint density at radius 1 is 1.29 bits per heavy atom. The highest BCUT2D eigenvalue weighted by Crippen LogP contribution is 2.18. The minimum atomic E-state index is -3.59. The lowest BCUT2D eigenvalue weighted by Gasteiger charge is -2.08. The molecule has 7 heteroatoms. The van der Waals surface area contributed by atoms with Gasteiger partial charge in [0, 0.05) is 19.0 Å². The highest BCUT2D eigenvalue weighted by atomic mass is 32.2. The third-order valence-electron chi connectivity index (χ3n) is 3.03. The van der Waals surface area contributed by atoms with Gasteiger partial charge >= 0.3 is 0 Å². The lowest BCUT2D eigenvalue weighted by atomic mass is 10.3. The molecule has 0 heterocycles. The number of sulfonamides is 1. The van der Waals surface area contributed by atoms with Crippen LogP contribution in [0, 0.1) is 0 Å². The van der Waals surface area contributed by atoms with Crippen molar-refractivity contribution in [3.05, 3.63) is 24.3 Å². The van der Waals surface area contributed by atoms with E-state index in [1.165, 1.54) is 12.1 Å². The Kier molecular flexibility index (Phi) is 5.19. The molecule has 0 spiro atoms. The van der Waals surface area contributed by atoms with Gasteiger partial charge in [0.15, 0.2) is 0 Å². The molecule has 1 amide bonds. The number of carbonyl (C=O) groups excluding carboxylic acids is 1. The second-order valence-corrected chi connectivity index (χ2v) is 6.66. The summed E-state index contributed by atoms with van der Waals surface area (Å²) in [7, 11) is -3.59. The molecule has 1 aromatic rings. The molecule has 0 radical (unpaired) electrons. The summed E-state index contributed by atoms with van der Waals surface area (Å²) >= 11 is 0. The average molecular weight is 312 g/mol. The fraction of sp³-hybridized carbons (Fsp3) is 0.500. The van der Waals surface area contributed by atoms with Crippen molar-refractivity contribution in [1.29, 1.82) is 0 Å². The summed E-state index contributed by atoms with van der Waals surface area (Å²) in [5.41, 5.74) is 0. The van der Waals surface area contributed by atoms with Crippen LogP contribution in [-0.4, -0.2) is 33.5 Å². The van der Waals surface area contributed by atoms with Crippen LogP contribution in [0.5, 0.6) is 5.75 Å². The summed E-state index contributed by atoms with van der Waals surface area (Å²) in [4.78, 5) is 11.6. The maximum atomic E-state index is 12.0. The minimum Gasteiger partial charge on any atom is -0.494 e. The molecule has 116 valence electrons. The lowest BCUT2D eigenvalue weighted by molar-refractivity contribution is -0.121. The number of hydrogen-bond donors (Lipinski definition) is 2. The van der Waals surface area contributed by atoms with Crippen LogP contribution in [0.3, 0.4) is 0 Å². The quantitative estimate of drug-likeness (QED) is 0.751. The van der Waals surface area contributed by atoms with Gasteiger partial charge in [-0.2, -0.15) is 0 Å². The monoisotopic (exact) mass is 312 g/mol. The van der Waals surface area contributed by atoms with Crippen LogP contribution in [-0.2, 0) is 14.8 Å². The fourth-order valence-corrected chi connectivity index (χ4v) is 2.82. The van der Waals surface area contributed by atoms with E-state index in [0.717, 1.165) is 12.8 Å². The molecule has 1 saturated carbocycles. The van der Waals surface area contributed by atoms with Crippen molar-refractivity contribution >= 4 is 15.9 Å². The van der Waals surface area contributed by atoms with Gasteiger partial charge in [-0.15, -0.1) is 0 Å². The topological polar surface area (TPSA) is 84.5 Å². The highest BCUT2D eigenvalue weighted by molar-refractivity contribution is 7.89. The number of benzene rings is 1. The van der Waals surface area contributed by atoms with Crippen LogP contribution in [0.1, 0.15) is 26.2 Å². The van der Waals surface area contributed by atoms with Gasteiger partial charge in [0.2, 0.25) is 15.9 Å². The summed E-state index contributed by atoms with van der Waals surface area (Å²) in [5, 5.41) is 2.81. The molecule has 1 aliphatic carbocycles. The zero-order valence-corrected chi connectivity index (χ0v) is 12.8. The van der Waals surface area contributed by atoms with Crippen LogP contribution >= 0.6 is 0 Å². The van der Waals surface area contributed by atoms with E-state index in [9.17, 15) is 13.2 Å². The average Bonchev–Trinajstić information content (AvgIpc) is 3.23. The predicted molar refractivity (Wildman–Crippen MR) is 78.6 cm³/mol. The summed E-state index contributed by atoms with van der Waals surface area (Å²) in [5.74, 6) is 0.507. The normalized spacial score (nSPS) is 14.7. The molecule has 1 aromatic carbocycles. The molecular weight excluding hydrogens is 292 g/mol. The Morgan fingerprint density at radius 2 is 1.95 bits per heavy atom. The van der Waals surface area contributed by atoms with Crippen molar-refractivity contribution in [2.24, 2.45) is 0 Å². The summed E-state index contributed by atoms with van der Waals surface area (Å²) < 4.78 is 31.8. The van der Waals surface area contributed by atoms with Crippen molar-refractivity contribution in [3.63, 3.8) is 0 Å². The predicted octanol–water partition coefficient (Wildman–Crippen LogP) is 1.03. The van der Waals surface area contributed by atoms with Crippen LogP contribution in [0.15, 0.2) is 29.2 Å². The molecule has 0 saturated heterocycles. The third-order valence-corrected chi connectivity index (χ3v) is 4.51. The molecule has 21 heavy (non-hydrogen) atoms. The molecule has 0 aliphatic heterocycles. The second-order valence-electron chi connectivity index (χ2n) is 4.89. The van der Waals surface area contributed by atoms with E-state index >= 15 is 0 Å². The zero-order valence-electron chi connectivity index (χ0n) is 12.0. The standard InChI is InChI=1S/C14H20N2O4S/c1-2-20-12-5-7-13(8-6-12)21(18,19)15-10-9-14(17)16-11-3-4-11/h5-8,11,15H,2-4,9-10H2,1H3,(H,16,17). The molecule has 6 nitrogen and oxygen atoms in total. The van der Waals surface area contributed by atoms with Gasteiger partial charge in [-0.1, -0.05) is 0 Å². The first-order valence-corrected chi connectivity index (χ1v) is 8.51. The molecule has 1 fully saturated rings. The van der Waals surface area contributed by atoms with Gasteiger partial charge in [-0.3, -0.25) is 4.79 Å². The van der Waals surface area contributed by atoms with Crippen molar-refractivity contribution in [2.45, 2.75) is 37.1 Å². The molecule has 1 aliphatic rings. The van der Waals surface area contributed by atoms with Crippen molar-refractivity contribution in [1.82, 2.24) is 10.0 Å². The Bertz CT molecular complexity index is 579. The van der Waals surface area contributed by atoms with Crippen LogP contribution in [0.25, 0.3) is 0 Å². The van der Waals surface area contributed by atoms with Crippen LogP contribution < -0.4 is 14.8 Å². The van der Waals surface area contributed by atoms with E-state index in [0.29, 0.717) is 18.4 Å². The van der Waals surface area contributed by atoms with E-state index < -0.39 is 10.0 Å². The van der Waals surface area contributed by atoms with Crippen molar-refractivity contribution in [3.8, 4) is 5.75 Å². The number of amides is 1. The largest absolute Gasteiger partial charge is 0.494 e. The van der Waals surface area contributed by atoms with Crippen molar-refractivity contribution in [2.75, 3.05) is 13.2 Å². The number of ether oxygens (including phenoxy) is 1. The van der Waals surface area contributed by atoms with E-state index in [1.807, 2.05) is 6.92 Å². The lowest BCUT2D eigenvalue weighted by Crippen LogP contribution is -2.31. The Morgan fingerprint density at radius 3 is 2.52 bits per heavy atom. The van der Waals surface area contributed by atoms with Crippen LogP contribution in [0.2, 0.25) is 0 Å². The number of carbonyl (C=O) groups is 1. The first-order chi connectivity index (χ1) is 10.0. The van der Waals surface area contributed by atoms with Gasteiger partial charge < -0.3 is 10.1 Å². The molecule has 0 bridgehead atoms. The maximum absolute atomic E-state index is 12.0. The SMILES string of the molecule is CCOc1ccc(S(=O)(=O)NCCC(=O)NC2CC2)cc1. The minimum absolute atomic E-state index is 0.0914. The zero-order chi connectivity index (χ0) is 15.3. The summed E-state index contributed by atoms with van der Waals surface area (Å²) in [6.45, 7) is 2.48. The van der Waals surface area contributed by atoms with Gasteiger partial charge in [-0.05, 0) is 44.0 Å². The fourth-order valence-electron chi connectivity index (χ4n) is 1.79. The Labute approximate surface area is 124 Å². The van der Waals surface area contributed by atoms with Gasteiger partial charge in [0.1, 0.15) is 5.75 Å². The number of hydrogen-bond acceptors (Lipinski definition) is 4. The smallest absolute Gasteiger partial charge is 0.240 e. The van der Waals surface area contributed by atoms with Crippen molar-refractivity contribution < 1.29 is 17.9 Å². The van der Waals surface area contributed by atoms with E-state index in [1.54, 1.807) is 12.1 Å². The van der Waals surface area contributed by atoms with E-state index in [4.69, 9.17) is 4.74 Å². The maximum Gasteiger partial charge on any atom is 0.240 e. The second kappa shape index (κ2) is 6.91. The highest BCUT2D eigenvalue weighted by Gasteiger charge is 2.23. The Balaban J connectivity index is 1.83. The molecular formula is C14H20N2O4S. The van der Waals surface area contributed by atoms with Gasteiger partial charge in [-0.25, -0.2) is 13.1 Å². The molecule has 0 unspecified atom stereocenters. The first-order valence-electron chi connectivity index (χ1n) is 7.03. The number of rotatable bonds is 8. The number of nitrogens with one attached hydrogen (secondary N) is 2. The third kappa shape index (κ3) is 5.02. The summed E-state index contributed by atoms with van der Waals surface area (Å²) in [6, 6.07) is 6.48. The van der Waals surface area contributed by atoms with E-state index in [2.05, 4.69) is 10.0 Å². The van der Waals surface area contributed by atoms with Gasteiger partial charge in [0.05, 0.1) is 11.5 Å². The van der Waals surface area contributed by atoms with Gasteiger partial charge in [0.25, 0.3) is 0 Å². The van der Waals surface area contributed by atoms with E-state index in [-0.39, 0.29) is 23.8 Å². The molecule has 2 rings (SSSR count). The molecule has 0 atom stereocenters. The first kappa shape index (κ1) is 15.8. The molecule has 2 N–H and O–H groups in total. The Hall–Kier alpha value is -1.60. The van der Waals surface area contributed by atoms with Crippen LogP contribution in [0.4, 0.5) is 0 Å². The molecule has 0 aromatic heterocycles.